The lowest BCUT2D eigenvalue weighted by Crippen LogP contribution is -2.11. The Kier molecular flexibility index (Phi) is 4.66. The quantitative estimate of drug-likeness (QED) is 0.810. The van der Waals surface area contributed by atoms with Crippen LogP contribution in [0, 0.1) is 0 Å². The van der Waals surface area contributed by atoms with Gasteiger partial charge in [0.2, 0.25) is 9.84 Å². The van der Waals surface area contributed by atoms with Crippen LogP contribution in [0.3, 0.4) is 0 Å². The molecule has 116 valence electrons. The van der Waals surface area contributed by atoms with Crippen LogP contribution in [0.15, 0.2) is 58.3 Å². The van der Waals surface area contributed by atoms with Gasteiger partial charge in [-0.25, -0.2) is 13.2 Å². The normalized spacial score (nSPS) is 11.5. The summed E-state index contributed by atoms with van der Waals surface area (Å²) in [7, 11) is -2.54. The zero-order chi connectivity index (χ0) is 16.3. The minimum atomic E-state index is -3.77. The second-order valence-corrected chi connectivity index (χ2v) is 7.13. The molecule has 0 unspecified atom stereocenters. The third-order valence-electron chi connectivity index (χ3n) is 3.44. The van der Waals surface area contributed by atoms with Gasteiger partial charge >= 0.3 is 5.97 Å². The van der Waals surface area contributed by atoms with E-state index in [4.69, 9.17) is 0 Å². The molecular formula is C17H18O4S. The van der Waals surface area contributed by atoms with Gasteiger partial charge < -0.3 is 4.74 Å². The first-order chi connectivity index (χ1) is 10.4. The van der Waals surface area contributed by atoms with Crippen molar-refractivity contribution < 1.29 is 17.9 Å². The lowest BCUT2D eigenvalue weighted by atomic mass is 10.0. The molecule has 0 aliphatic carbocycles. The lowest BCUT2D eigenvalue weighted by Gasteiger charge is -2.10. The van der Waals surface area contributed by atoms with Crippen molar-refractivity contribution in [2.45, 2.75) is 29.6 Å². The van der Waals surface area contributed by atoms with Crippen LogP contribution in [0.25, 0.3) is 0 Å². The van der Waals surface area contributed by atoms with Gasteiger partial charge in [-0.2, -0.15) is 0 Å². The van der Waals surface area contributed by atoms with Crippen LogP contribution in [0.4, 0.5) is 0 Å². The highest BCUT2D eigenvalue weighted by molar-refractivity contribution is 7.91. The Labute approximate surface area is 130 Å². The summed E-state index contributed by atoms with van der Waals surface area (Å²) in [6.07, 6.45) is 0. The molecule has 0 heterocycles. The average molecular weight is 318 g/mol. The Morgan fingerprint density at radius 1 is 1.00 bits per heavy atom. The zero-order valence-electron chi connectivity index (χ0n) is 12.7. The molecule has 0 fully saturated rings. The Balaban J connectivity index is 2.54. The van der Waals surface area contributed by atoms with Crippen LogP contribution < -0.4 is 0 Å². The van der Waals surface area contributed by atoms with E-state index in [-0.39, 0.29) is 15.4 Å². The first kappa shape index (κ1) is 16.2. The van der Waals surface area contributed by atoms with E-state index in [9.17, 15) is 13.2 Å². The van der Waals surface area contributed by atoms with Crippen LogP contribution >= 0.6 is 0 Å². The number of hydrogen-bond acceptors (Lipinski definition) is 4. The number of benzene rings is 2. The van der Waals surface area contributed by atoms with Gasteiger partial charge in [0.1, 0.15) is 0 Å². The van der Waals surface area contributed by atoms with Gasteiger partial charge in [0.05, 0.1) is 22.5 Å². The lowest BCUT2D eigenvalue weighted by molar-refractivity contribution is 0.0596. The topological polar surface area (TPSA) is 60.4 Å². The molecule has 4 nitrogen and oxygen atoms in total. The van der Waals surface area contributed by atoms with Crippen LogP contribution in [0.1, 0.15) is 35.7 Å². The van der Waals surface area contributed by atoms with Gasteiger partial charge in [0, 0.05) is 0 Å². The van der Waals surface area contributed by atoms with Crippen LogP contribution in [-0.2, 0) is 14.6 Å². The number of methoxy groups -OCH3 is 1. The minimum Gasteiger partial charge on any atom is -0.465 e. The SMILES string of the molecule is COC(=O)c1ccccc1S(=O)(=O)c1ccc(C(C)C)cc1. The number of hydrogen-bond donors (Lipinski definition) is 0. The molecule has 0 radical (unpaired) electrons. The fourth-order valence-corrected chi connectivity index (χ4v) is 3.59. The van der Waals surface area contributed by atoms with Crippen molar-refractivity contribution in [2.75, 3.05) is 7.11 Å². The van der Waals surface area contributed by atoms with Crippen molar-refractivity contribution in [1.82, 2.24) is 0 Å². The summed E-state index contributed by atoms with van der Waals surface area (Å²) in [5.41, 5.74) is 1.10. The molecular weight excluding hydrogens is 300 g/mol. The third-order valence-corrected chi connectivity index (χ3v) is 5.27. The summed E-state index contributed by atoms with van der Waals surface area (Å²) < 4.78 is 30.2. The van der Waals surface area contributed by atoms with Gasteiger partial charge in [-0.15, -0.1) is 0 Å². The molecule has 0 bridgehead atoms. The summed E-state index contributed by atoms with van der Waals surface area (Å²) in [5, 5.41) is 0. The fourth-order valence-electron chi connectivity index (χ4n) is 2.14. The predicted octanol–water partition coefficient (Wildman–Crippen LogP) is 3.43. The molecule has 2 aromatic rings. The number of carbonyl (C=O) groups excluding carboxylic acids is 1. The number of ether oxygens (including phenoxy) is 1. The molecule has 0 atom stereocenters. The molecule has 2 aromatic carbocycles. The molecule has 2 rings (SSSR count). The number of sulfone groups is 1. The zero-order valence-corrected chi connectivity index (χ0v) is 13.6. The van der Waals surface area contributed by atoms with Crippen LogP contribution in [0.2, 0.25) is 0 Å². The van der Waals surface area contributed by atoms with Crippen molar-refractivity contribution in [1.29, 1.82) is 0 Å². The molecule has 0 aliphatic rings. The van der Waals surface area contributed by atoms with E-state index in [0.29, 0.717) is 5.92 Å². The summed E-state index contributed by atoms with van der Waals surface area (Å²) in [6.45, 7) is 4.08. The predicted molar refractivity (Wildman–Crippen MR) is 83.8 cm³/mol. The summed E-state index contributed by atoms with van der Waals surface area (Å²) >= 11 is 0. The molecule has 0 amide bonds. The first-order valence-corrected chi connectivity index (χ1v) is 8.38. The Bertz CT molecular complexity index is 775. The Morgan fingerprint density at radius 2 is 1.59 bits per heavy atom. The standard InChI is InChI=1S/C17H18O4S/c1-12(2)13-8-10-14(11-9-13)22(19,20)16-7-5-4-6-15(16)17(18)21-3/h4-12H,1-3H3. The second-order valence-electron chi connectivity index (χ2n) is 5.21. The van der Waals surface area contributed by atoms with E-state index in [0.717, 1.165) is 5.56 Å². The van der Waals surface area contributed by atoms with E-state index < -0.39 is 15.8 Å². The molecule has 0 saturated carbocycles. The van der Waals surface area contributed by atoms with Crippen LogP contribution in [-0.4, -0.2) is 21.5 Å². The monoisotopic (exact) mass is 318 g/mol. The van der Waals surface area contributed by atoms with Gasteiger partial charge in [0.25, 0.3) is 0 Å². The second kappa shape index (κ2) is 6.32. The van der Waals surface area contributed by atoms with Crippen LogP contribution in [0.5, 0.6) is 0 Å². The Morgan fingerprint density at radius 3 is 2.14 bits per heavy atom. The van der Waals surface area contributed by atoms with E-state index in [1.807, 2.05) is 13.8 Å². The molecule has 0 saturated heterocycles. The average Bonchev–Trinajstić information content (AvgIpc) is 2.54. The molecule has 5 heteroatoms. The highest BCUT2D eigenvalue weighted by atomic mass is 32.2. The summed E-state index contributed by atoms with van der Waals surface area (Å²) in [5.74, 6) is -0.350. The van der Waals surface area contributed by atoms with Gasteiger partial charge in [0.15, 0.2) is 0 Å². The maximum atomic E-state index is 12.7. The van der Waals surface area contributed by atoms with Crippen molar-refractivity contribution >= 4 is 15.8 Å². The smallest absolute Gasteiger partial charge is 0.339 e. The molecule has 0 N–H and O–H groups in total. The van der Waals surface area contributed by atoms with Crippen molar-refractivity contribution in [2.24, 2.45) is 0 Å². The van der Waals surface area contributed by atoms with E-state index in [1.165, 1.54) is 19.2 Å². The fraction of sp³-hybridized carbons (Fsp3) is 0.235. The van der Waals surface area contributed by atoms with Crippen molar-refractivity contribution in [3.8, 4) is 0 Å². The number of rotatable bonds is 4. The van der Waals surface area contributed by atoms with Gasteiger partial charge in [-0.05, 0) is 35.7 Å². The maximum Gasteiger partial charge on any atom is 0.339 e. The summed E-state index contributed by atoms with van der Waals surface area (Å²) in [4.78, 5) is 11.9. The molecule has 0 spiro atoms. The van der Waals surface area contributed by atoms with Gasteiger partial charge in [-0.3, -0.25) is 0 Å². The largest absolute Gasteiger partial charge is 0.465 e. The Hall–Kier alpha value is -2.14. The van der Waals surface area contributed by atoms with Gasteiger partial charge in [-0.1, -0.05) is 38.1 Å². The molecule has 22 heavy (non-hydrogen) atoms. The highest BCUT2D eigenvalue weighted by Gasteiger charge is 2.24. The van der Waals surface area contributed by atoms with Crippen molar-refractivity contribution in [3.05, 3.63) is 59.7 Å². The maximum absolute atomic E-state index is 12.7. The summed E-state index contributed by atoms with van der Waals surface area (Å²) in [6, 6.07) is 12.8. The van der Waals surface area contributed by atoms with Crippen molar-refractivity contribution in [3.63, 3.8) is 0 Å². The van der Waals surface area contributed by atoms with E-state index in [2.05, 4.69) is 4.74 Å². The number of carbonyl (C=O) groups is 1. The molecule has 0 aliphatic heterocycles. The first-order valence-electron chi connectivity index (χ1n) is 6.90. The third kappa shape index (κ3) is 3.04. The number of esters is 1. The van der Waals surface area contributed by atoms with E-state index in [1.54, 1.807) is 36.4 Å². The molecule has 0 aromatic heterocycles. The van der Waals surface area contributed by atoms with E-state index >= 15 is 0 Å². The minimum absolute atomic E-state index is 0.0398. The highest BCUT2D eigenvalue weighted by Crippen LogP contribution is 2.26.